The van der Waals surface area contributed by atoms with Gasteiger partial charge in [-0.15, -0.1) is 0 Å². The van der Waals surface area contributed by atoms with Crippen LogP contribution in [-0.4, -0.2) is 67.1 Å². The summed E-state index contributed by atoms with van der Waals surface area (Å²) >= 11 is 0. The van der Waals surface area contributed by atoms with Gasteiger partial charge < -0.3 is 15.5 Å². The number of nitrogens with zero attached hydrogens (tertiary/aromatic N) is 3. The minimum absolute atomic E-state index is 0.503. The third kappa shape index (κ3) is 7.31. The largest absolute Gasteiger partial charge is 0.357 e. The molecule has 0 aromatic heterocycles. The number of benzene rings is 1. The first-order chi connectivity index (χ1) is 14.1. The minimum Gasteiger partial charge on any atom is -0.357 e. The van der Waals surface area contributed by atoms with E-state index >= 15 is 0 Å². The average molecular weight is 400 g/mol. The summed E-state index contributed by atoms with van der Waals surface area (Å²) in [5, 5.41) is 7.18. The van der Waals surface area contributed by atoms with Gasteiger partial charge in [0.05, 0.1) is 0 Å². The molecule has 5 nitrogen and oxygen atoms in total. The van der Waals surface area contributed by atoms with Crippen LogP contribution in [0.25, 0.3) is 0 Å². The van der Waals surface area contributed by atoms with Crippen LogP contribution < -0.4 is 10.6 Å². The van der Waals surface area contributed by atoms with Crippen molar-refractivity contribution >= 4 is 5.96 Å². The van der Waals surface area contributed by atoms with Crippen LogP contribution >= 0.6 is 0 Å². The van der Waals surface area contributed by atoms with Gasteiger partial charge in [0.2, 0.25) is 0 Å². The second-order valence-corrected chi connectivity index (χ2v) is 9.00. The van der Waals surface area contributed by atoms with Crippen LogP contribution in [0.1, 0.15) is 52.0 Å². The van der Waals surface area contributed by atoms with Gasteiger partial charge in [-0.1, -0.05) is 37.3 Å². The van der Waals surface area contributed by atoms with Crippen LogP contribution in [0.4, 0.5) is 0 Å². The molecule has 29 heavy (non-hydrogen) atoms. The van der Waals surface area contributed by atoms with Gasteiger partial charge in [0.15, 0.2) is 5.96 Å². The molecule has 2 saturated heterocycles. The molecule has 0 radical (unpaired) electrons. The van der Waals surface area contributed by atoms with E-state index < -0.39 is 0 Å². The van der Waals surface area contributed by atoms with Crippen LogP contribution in [0.3, 0.4) is 0 Å². The van der Waals surface area contributed by atoms with Crippen LogP contribution in [0.2, 0.25) is 0 Å². The van der Waals surface area contributed by atoms with Gasteiger partial charge in [0, 0.05) is 44.8 Å². The number of aliphatic imine (C=N–C) groups is 1. The predicted octanol–water partition coefficient (Wildman–Crippen LogP) is 3.33. The fourth-order valence-corrected chi connectivity index (χ4v) is 4.63. The molecule has 2 aliphatic heterocycles. The number of nitrogens with one attached hydrogen (secondary N) is 2. The van der Waals surface area contributed by atoms with Crippen molar-refractivity contribution in [1.29, 1.82) is 0 Å². The maximum absolute atomic E-state index is 4.92. The molecule has 0 amide bonds. The summed E-state index contributed by atoms with van der Waals surface area (Å²) in [5.74, 6) is 1.60. The Hall–Kier alpha value is -1.59. The van der Waals surface area contributed by atoms with E-state index in [0.29, 0.717) is 18.0 Å². The van der Waals surface area contributed by atoms with Crippen LogP contribution in [0, 0.1) is 5.92 Å². The van der Waals surface area contributed by atoms with Crippen molar-refractivity contribution in [3.05, 3.63) is 35.9 Å². The first-order valence-electron chi connectivity index (χ1n) is 11.7. The molecule has 2 heterocycles. The van der Waals surface area contributed by atoms with E-state index in [2.05, 4.69) is 71.5 Å². The molecule has 2 N–H and O–H groups in total. The van der Waals surface area contributed by atoms with Gasteiger partial charge >= 0.3 is 0 Å². The van der Waals surface area contributed by atoms with Gasteiger partial charge in [0.25, 0.3) is 0 Å². The standard InChI is InChI=1S/C24H41N5/c1-4-25-24(26-17-20(2)18-28-13-8-9-14-28)27-23-12-15-29(21(3)16-23)19-22-10-6-5-7-11-22/h5-7,10-11,20-21,23H,4,8-9,12-19H2,1-3H3,(H2,25,26,27). The molecule has 2 aliphatic rings. The second kappa shape index (κ2) is 11.6. The summed E-state index contributed by atoms with van der Waals surface area (Å²) in [4.78, 5) is 10.1. The van der Waals surface area contributed by atoms with Crippen molar-refractivity contribution in [3.8, 4) is 0 Å². The van der Waals surface area contributed by atoms with E-state index in [1.807, 2.05) is 0 Å². The molecular weight excluding hydrogens is 358 g/mol. The zero-order valence-corrected chi connectivity index (χ0v) is 18.7. The topological polar surface area (TPSA) is 42.9 Å². The molecular formula is C24H41N5. The van der Waals surface area contributed by atoms with E-state index in [1.54, 1.807) is 0 Å². The molecule has 2 fully saturated rings. The third-order valence-corrected chi connectivity index (χ3v) is 6.26. The van der Waals surface area contributed by atoms with Crippen molar-refractivity contribution in [1.82, 2.24) is 20.4 Å². The quantitative estimate of drug-likeness (QED) is 0.520. The zero-order chi connectivity index (χ0) is 20.5. The smallest absolute Gasteiger partial charge is 0.191 e. The molecule has 0 spiro atoms. The third-order valence-electron chi connectivity index (χ3n) is 6.26. The highest BCUT2D eigenvalue weighted by Gasteiger charge is 2.26. The number of hydrogen-bond acceptors (Lipinski definition) is 3. The Balaban J connectivity index is 1.46. The number of piperidine rings is 1. The number of guanidine groups is 1. The van der Waals surface area contributed by atoms with Gasteiger partial charge in [0.1, 0.15) is 0 Å². The van der Waals surface area contributed by atoms with Gasteiger partial charge in [-0.25, -0.2) is 0 Å². The Morgan fingerprint density at radius 1 is 1.17 bits per heavy atom. The lowest BCUT2D eigenvalue weighted by atomic mass is 9.97. The summed E-state index contributed by atoms with van der Waals surface area (Å²) in [5.41, 5.74) is 1.41. The molecule has 3 atom stereocenters. The Labute approximate surface area is 178 Å². The maximum atomic E-state index is 4.92. The second-order valence-electron chi connectivity index (χ2n) is 9.00. The molecule has 5 heteroatoms. The van der Waals surface area contributed by atoms with Crippen molar-refractivity contribution in [2.75, 3.05) is 39.3 Å². The first kappa shape index (κ1) is 22.1. The Morgan fingerprint density at radius 3 is 2.62 bits per heavy atom. The Morgan fingerprint density at radius 2 is 1.93 bits per heavy atom. The van der Waals surface area contributed by atoms with E-state index in [-0.39, 0.29) is 0 Å². The number of hydrogen-bond donors (Lipinski definition) is 2. The minimum atomic E-state index is 0.503. The van der Waals surface area contributed by atoms with Crippen LogP contribution in [-0.2, 0) is 6.54 Å². The van der Waals surface area contributed by atoms with Gasteiger partial charge in [-0.3, -0.25) is 9.89 Å². The molecule has 0 aliphatic carbocycles. The monoisotopic (exact) mass is 399 g/mol. The number of likely N-dealkylation sites (tertiary alicyclic amines) is 2. The Bertz CT molecular complexity index is 611. The summed E-state index contributed by atoms with van der Waals surface area (Å²) in [7, 11) is 0. The highest BCUT2D eigenvalue weighted by Crippen LogP contribution is 2.20. The van der Waals surface area contributed by atoms with Crippen molar-refractivity contribution in [2.24, 2.45) is 10.9 Å². The predicted molar refractivity (Wildman–Crippen MR) is 123 cm³/mol. The van der Waals surface area contributed by atoms with Crippen LogP contribution in [0.5, 0.6) is 0 Å². The fraction of sp³-hybridized carbons (Fsp3) is 0.708. The van der Waals surface area contributed by atoms with E-state index in [1.165, 1.54) is 50.9 Å². The van der Waals surface area contributed by atoms with Crippen molar-refractivity contribution in [2.45, 2.75) is 65.1 Å². The van der Waals surface area contributed by atoms with Gasteiger partial charge in [-0.05, 0) is 64.1 Å². The number of rotatable bonds is 8. The lowest BCUT2D eigenvalue weighted by Gasteiger charge is -2.38. The molecule has 3 unspecified atom stereocenters. The maximum Gasteiger partial charge on any atom is 0.191 e. The molecule has 162 valence electrons. The molecule has 3 rings (SSSR count). The Kier molecular flexibility index (Phi) is 8.81. The van der Waals surface area contributed by atoms with E-state index in [4.69, 9.17) is 4.99 Å². The summed E-state index contributed by atoms with van der Waals surface area (Å²) < 4.78 is 0. The lowest BCUT2D eigenvalue weighted by Crippen LogP contribution is -2.51. The summed E-state index contributed by atoms with van der Waals surface area (Å²) in [6.07, 6.45) is 5.06. The van der Waals surface area contributed by atoms with Gasteiger partial charge in [-0.2, -0.15) is 0 Å². The zero-order valence-electron chi connectivity index (χ0n) is 18.7. The van der Waals surface area contributed by atoms with Crippen molar-refractivity contribution < 1.29 is 0 Å². The van der Waals surface area contributed by atoms with E-state index in [9.17, 15) is 0 Å². The SMILES string of the molecule is CCNC(=NCC(C)CN1CCCC1)NC1CCN(Cc2ccccc2)C(C)C1. The highest BCUT2D eigenvalue weighted by molar-refractivity contribution is 5.80. The first-order valence-corrected chi connectivity index (χ1v) is 11.7. The molecule has 1 aromatic carbocycles. The van der Waals surface area contributed by atoms with Crippen molar-refractivity contribution in [3.63, 3.8) is 0 Å². The van der Waals surface area contributed by atoms with E-state index in [0.717, 1.165) is 32.1 Å². The molecule has 1 aromatic rings. The summed E-state index contributed by atoms with van der Waals surface area (Å²) in [6.45, 7) is 14.6. The fourth-order valence-electron chi connectivity index (χ4n) is 4.63. The molecule has 0 saturated carbocycles. The average Bonchev–Trinajstić information content (AvgIpc) is 3.22. The lowest BCUT2D eigenvalue weighted by molar-refractivity contribution is 0.134. The van der Waals surface area contributed by atoms with Crippen LogP contribution in [0.15, 0.2) is 35.3 Å². The normalized spacial score (nSPS) is 25.1. The molecule has 0 bridgehead atoms. The highest BCUT2D eigenvalue weighted by atomic mass is 15.2. The summed E-state index contributed by atoms with van der Waals surface area (Å²) in [6, 6.07) is 11.9.